The Labute approximate surface area is 168 Å². The fourth-order valence-electron chi connectivity index (χ4n) is 2.86. The molecular weight excluding hydrogens is 388 g/mol. The number of rotatable bonds is 5. The van der Waals surface area contributed by atoms with E-state index in [-0.39, 0.29) is 34.9 Å². The molecule has 0 aromatic heterocycles. The van der Waals surface area contributed by atoms with Crippen LogP contribution in [0, 0.1) is 10.1 Å². The first-order valence-electron chi connectivity index (χ1n) is 8.99. The van der Waals surface area contributed by atoms with Crippen LogP contribution in [0.1, 0.15) is 33.6 Å². The molecule has 9 nitrogen and oxygen atoms in total. The number of hydrogen-bond acceptors (Lipinski definition) is 6. The molecule has 0 atom stereocenters. The molecule has 1 aromatic rings. The predicted octanol–water partition coefficient (Wildman–Crippen LogP) is 3.18. The first kappa shape index (κ1) is 21.9. The van der Waals surface area contributed by atoms with Gasteiger partial charge in [0, 0.05) is 30.2 Å². The van der Waals surface area contributed by atoms with Crippen molar-refractivity contribution in [3.63, 3.8) is 0 Å². The standard InChI is InChI=1S/C18H25ClN4O5/c1-18(2,3)28-17(25)20-13-6-8-22(9-7-13)11-16(24)21-14-5-4-12(19)10-15(14)23(26)27/h4-5,10,13H,6-9,11H2,1-3H3,(H,20,25)(H,21,24). The Morgan fingerprint density at radius 3 is 2.54 bits per heavy atom. The second kappa shape index (κ2) is 9.20. The van der Waals surface area contributed by atoms with Gasteiger partial charge in [0.05, 0.1) is 11.5 Å². The normalized spacial score (nSPS) is 15.7. The molecule has 1 saturated heterocycles. The summed E-state index contributed by atoms with van der Waals surface area (Å²) in [6, 6.07) is 4.09. The van der Waals surface area contributed by atoms with Gasteiger partial charge in [-0.3, -0.25) is 19.8 Å². The summed E-state index contributed by atoms with van der Waals surface area (Å²) in [5.74, 6) is -0.344. The summed E-state index contributed by atoms with van der Waals surface area (Å²) >= 11 is 5.77. The van der Waals surface area contributed by atoms with Gasteiger partial charge >= 0.3 is 6.09 Å². The lowest BCUT2D eigenvalue weighted by Crippen LogP contribution is -2.47. The lowest BCUT2D eigenvalue weighted by molar-refractivity contribution is -0.383. The molecule has 0 aliphatic carbocycles. The van der Waals surface area contributed by atoms with E-state index in [4.69, 9.17) is 16.3 Å². The van der Waals surface area contributed by atoms with Gasteiger partial charge in [-0.25, -0.2) is 4.79 Å². The SMILES string of the molecule is CC(C)(C)OC(=O)NC1CCN(CC(=O)Nc2ccc(Cl)cc2[N+](=O)[O-])CC1. The largest absolute Gasteiger partial charge is 0.444 e. The molecule has 1 heterocycles. The van der Waals surface area contributed by atoms with E-state index in [1.807, 2.05) is 4.90 Å². The Hall–Kier alpha value is -2.39. The molecule has 154 valence electrons. The van der Waals surface area contributed by atoms with Crippen LogP contribution in [0.15, 0.2) is 18.2 Å². The highest BCUT2D eigenvalue weighted by Gasteiger charge is 2.25. The van der Waals surface area contributed by atoms with Crippen LogP contribution in [0.4, 0.5) is 16.2 Å². The summed E-state index contributed by atoms with van der Waals surface area (Å²) in [5.41, 5.74) is -0.686. The van der Waals surface area contributed by atoms with Crippen molar-refractivity contribution in [2.75, 3.05) is 25.0 Å². The molecule has 0 unspecified atom stereocenters. The number of carbonyl (C=O) groups is 2. The second-order valence-corrected chi connectivity index (χ2v) is 8.10. The molecule has 0 spiro atoms. The number of hydrogen-bond donors (Lipinski definition) is 2. The van der Waals surface area contributed by atoms with Crippen molar-refractivity contribution in [3.05, 3.63) is 33.3 Å². The number of carbonyl (C=O) groups excluding carboxylic acids is 2. The van der Waals surface area contributed by atoms with Crippen molar-refractivity contribution in [3.8, 4) is 0 Å². The fraction of sp³-hybridized carbons (Fsp3) is 0.556. The zero-order valence-corrected chi connectivity index (χ0v) is 16.9. The van der Waals surface area contributed by atoms with Crippen molar-refractivity contribution < 1.29 is 19.2 Å². The number of likely N-dealkylation sites (tertiary alicyclic amines) is 1. The highest BCUT2D eigenvalue weighted by atomic mass is 35.5. The number of benzene rings is 1. The van der Waals surface area contributed by atoms with Gasteiger partial charge in [0.2, 0.25) is 5.91 Å². The van der Waals surface area contributed by atoms with E-state index >= 15 is 0 Å². The Morgan fingerprint density at radius 1 is 1.32 bits per heavy atom. The number of nitro benzene ring substituents is 1. The number of amides is 2. The van der Waals surface area contributed by atoms with Gasteiger partial charge in [-0.15, -0.1) is 0 Å². The number of anilines is 1. The minimum Gasteiger partial charge on any atom is -0.444 e. The summed E-state index contributed by atoms with van der Waals surface area (Å²) in [6.45, 7) is 6.77. The molecule has 0 radical (unpaired) electrons. The Bertz CT molecular complexity index is 742. The maximum atomic E-state index is 12.3. The maximum Gasteiger partial charge on any atom is 0.407 e. The van der Waals surface area contributed by atoms with Gasteiger partial charge in [-0.1, -0.05) is 11.6 Å². The van der Waals surface area contributed by atoms with Gasteiger partial charge in [-0.05, 0) is 45.7 Å². The number of nitrogens with zero attached hydrogens (tertiary/aromatic N) is 2. The van der Waals surface area contributed by atoms with Crippen LogP contribution in [0.3, 0.4) is 0 Å². The van der Waals surface area contributed by atoms with Crippen LogP contribution in [-0.2, 0) is 9.53 Å². The van der Waals surface area contributed by atoms with Crippen LogP contribution in [0.5, 0.6) is 0 Å². The van der Waals surface area contributed by atoms with Crippen molar-refractivity contribution in [2.45, 2.75) is 45.3 Å². The summed E-state index contributed by atoms with van der Waals surface area (Å²) in [5, 5.41) is 16.7. The fourth-order valence-corrected chi connectivity index (χ4v) is 3.03. The predicted molar refractivity (Wildman–Crippen MR) is 106 cm³/mol. The molecule has 1 fully saturated rings. The number of alkyl carbamates (subject to hydrolysis) is 1. The molecule has 10 heteroatoms. The quantitative estimate of drug-likeness (QED) is 0.567. The highest BCUT2D eigenvalue weighted by molar-refractivity contribution is 6.31. The van der Waals surface area contributed by atoms with Crippen molar-refractivity contribution in [1.29, 1.82) is 0 Å². The van der Waals surface area contributed by atoms with E-state index in [0.717, 1.165) is 0 Å². The van der Waals surface area contributed by atoms with E-state index in [1.165, 1.54) is 18.2 Å². The number of ether oxygens (including phenoxy) is 1. The van der Waals surface area contributed by atoms with Crippen LogP contribution in [-0.4, -0.2) is 53.1 Å². The van der Waals surface area contributed by atoms with Gasteiger partial charge < -0.3 is 15.4 Å². The zero-order valence-electron chi connectivity index (χ0n) is 16.2. The molecule has 2 amide bonds. The smallest absolute Gasteiger partial charge is 0.407 e. The van der Waals surface area contributed by atoms with Gasteiger partial charge in [0.1, 0.15) is 11.3 Å². The zero-order chi connectivity index (χ0) is 20.9. The molecule has 28 heavy (non-hydrogen) atoms. The molecular formula is C18H25ClN4O5. The third-order valence-corrected chi connectivity index (χ3v) is 4.34. The second-order valence-electron chi connectivity index (χ2n) is 7.66. The number of nitro groups is 1. The van der Waals surface area contributed by atoms with E-state index in [1.54, 1.807) is 20.8 Å². The summed E-state index contributed by atoms with van der Waals surface area (Å²) in [7, 11) is 0. The van der Waals surface area contributed by atoms with E-state index < -0.39 is 16.6 Å². The molecule has 1 aromatic carbocycles. The van der Waals surface area contributed by atoms with E-state index in [9.17, 15) is 19.7 Å². The van der Waals surface area contributed by atoms with Crippen LogP contribution < -0.4 is 10.6 Å². The first-order valence-corrected chi connectivity index (χ1v) is 9.37. The van der Waals surface area contributed by atoms with Gasteiger partial charge in [0.15, 0.2) is 0 Å². The third kappa shape index (κ3) is 6.97. The Kier molecular flexibility index (Phi) is 7.20. The first-order chi connectivity index (χ1) is 13.0. The summed E-state index contributed by atoms with van der Waals surface area (Å²) < 4.78 is 5.24. The Balaban J connectivity index is 1.81. The average Bonchev–Trinajstić information content (AvgIpc) is 2.56. The number of nitrogens with one attached hydrogen (secondary N) is 2. The molecule has 2 rings (SSSR count). The molecule has 0 bridgehead atoms. The monoisotopic (exact) mass is 412 g/mol. The summed E-state index contributed by atoms with van der Waals surface area (Å²) in [6.07, 6.45) is 0.931. The van der Waals surface area contributed by atoms with Crippen molar-refractivity contribution in [2.24, 2.45) is 0 Å². The number of piperidine rings is 1. The Morgan fingerprint density at radius 2 is 1.96 bits per heavy atom. The van der Waals surface area contributed by atoms with Crippen LogP contribution in [0.25, 0.3) is 0 Å². The maximum absolute atomic E-state index is 12.3. The third-order valence-electron chi connectivity index (χ3n) is 4.11. The van der Waals surface area contributed by atoms with Crippen LogP contribution >= 0.6 is 11.6 Å². The molecule has 0 saturated carbocycles. The van der Waals surface area contributed by atoms with Gasteiger partial charge in [-0.2, -0.15) is 0 Å². The van der Waals surface area contributed by atoms with Crippen molar-refractivity contribution >= 4 is 35.0 Å². The molecule has 2 N–H and O–H groups in total. The lowest BCUT2D eigenvalue weighted by Gasteiger charge is -2.32. The van der Waals surface area contributed by atoms with E-state index in [0.29, 0.717) is 25.9 Å². The van der Waals surface area contributed by atoms with Crippen LogP contribution in [0.2, 0.25) is 5.02 Å². The average molecular weight is 413 g/mol. The minimum absolute atomic E-state index is 0.00786. The van der Waals surface area contributed by atoms with Crippen molar-refractivity contribution in [1.82, 2.24) is 10.2 Å². The number of halogens is 1. The van der Waals surface area contributed by atoms with E-state index in [2.05, 4.69) is 10.6 Å². The lowest BCUT2D eigenvalue weighted by atomic mass is 10.1. The molecule has 1 aliphatic rings. The molecule has 1 aliphatic heterocycles. The minimum atomic E-state index is -0.588. The highest BCUT2D eigenvalue weighted by Crippen LogP contribution is 2.27. The summed E-state index contributed by atoms with van der Waals surface area (Å²) in [4.78, 5) is 36.5. The van der Waals surface area contributed by atoms with Gasteiger partial charge in [0.25, 0.3) is 5.69 Å². The topological polar surface area (TPSA) is 114 Å².